The van der Waals surface area contributed by atoms with Gasteiger partial charge in [0.25, 0.3) is 5.91 Å². The van der Waals surface area contributed by atoms with Gasteiger partial charge in [0.15, 0.2) is 0 Å². The molecular formula is C32H26ClIN2O3. The second-order valence-corrected chi connectivity index (χ2v) is 10.2. The van der Waals surface area contributed by atoms with Gasteiger partial charge >= 0.3 is 0 Å². The van der Waals surface area contributed by atoms with Crippen LogP contribution in [0.3, 0.4) is 0 Å². The topological polar surface area (TPSA) is 71.3 Å². The maximum atomic E-state index is 12.9. The van der Waals surface area contributed by atoms with E-state index in [-0.39, 0.29) is 5.57 Å². The average Bonchev–Trinajstić information content (AvgIpc) is 2.95. The summed E-state index contributed by atoms with van der Waals surface area (Å²) in [6.45, 7) is 2.85. The van der Waals surface area contributed by atoms with Gasteiger partial charge in [0.2, 0.25) is 0 Å². The summed E-state index contributed by atoms with van der Waals surface area (Å²) >= 11 is 8.64. The molecule has 0 bridgehead atoms. The summed E-state index contributed by atoms with van der Waals surface area (Å²) in [6.07, 6.45) is 2.17. The summed E-state index contributed by atoms with van der Waals surface area (Å²) in [5.74, 6) is 0.880. The lowest BCUT2D eigenvalue weighted by atomic mass is 10.0. The smallest absolute Gasteiger partial charge is 0.266 e. The molecule has 0 spiro atoms. The van der Waals surface area contributed by atoms with Crippen molar-refractivity contribution >= 4 is 51.9 Å². The van der Waals surface area contributed by atoms with Crippen LogP contribution in [0, 0.1) is 14.9 Å². The van der Waals surface area contributed by atoms with Gasteiger partial charge in [0, 0.05) is 26.3 Å². The predicted molar refractivity (Wildman–Crippen MR) is 164 cm³/mol. The van der Waals surface area contributed by atoms with E-state index < -0.39 is 5.91 Å². The number of hydrogen-bond donors (Lipinski definition) is 1. The molecule has 1 amide bonds. The van der Waals surface area contributed by atoms with Crippen molar-refractivity contribution in [3.05, 3.63) is 127 Å². The van der Waals surface area contributed by atoms with Crippen molar-refractivity contribution in [2.75, 3.05) is 11.9 Å². The highest BCUT2D eigenvalue weighted by atomic mass is 127. The first-order valence-corrected chi connectivity index (χ1v) is 13.8. The molecule has 196 valence electrons. The second-order valence-electron chi connectivity index (χ2n) is 8.60. The Balaban J connectivity index is 1.48. The van der Waals surface area contributed by atoms with Crippen LogP contribution in [-0.2, 0) is 17.8 Å². The Morgan fingerprint density at radius 3 is 2.41 bits per heavy atom. The van der Waals surface area contributed by atoms with Crippen LogP contribution >= 0.6 is 34.2 Å². The molecule has 0 radical (unpaired) electrons. The highest BCUT2D eigenvalue weighted by molar-refractivity contribution is 14.1. The number of carbonyl (C=O) groups is 1. The molecule has 0 saturated carbocycles. The lowest BCUT2D eigenvalue weighted by Gasteiger charge is -2.15. The lowest BCUT2D eigenvalue weighted by molar-refractivity contribution is -0.112. The van der Waals surface area contributed by atoms with E-state index in [0.29, 0.717) is 47.4 Å². The van der Waals surface area contributed by atoms with Crippen LogP contribution in [0.2, 0.25) is 5.02 Å². The maximum absolute atomic E-state index is 12.9. The number of amides is 1. The Labute approximate surface area is 247 Å². The van der Waals surface area contributed by atoms with E-state index in [0.717, 1.165) is 20.3 Å². The van der Waals surface area contributed by atoms with Crippen LogP contribution in [0.15, 0.2) is 96.6 Å². The van der Waals surface area contributed by atoms with Crippen molar-refractivity contribution in [1.82, 2.24) is 0 Å². The van der Waals surface area contributed by atoms with Crippen LogP contribution in [0.1, 0.15) is 29.2 Å². The monoisotopic (exact) mass is 648 g/mol. The number of ether oxygens (including phenoxy) is 2. The van der Waals surface area contributed by atoms with E-state index in [2.05, 4.69) is 27.9 Å². The number of halogens is 2. The van der Waals surface area contributed by atoms with Crippen molar-refractivity contribution in [2.45, 2.75) is 20.0 Å². The van der Waals surface area contributed by atoms with Crippen LogP contribution < -0.4 is 14.8 Å². The largest absolute Gasteiger partial charge is 0.494 e. The number of hydrogen-bond acceptors (Lipinski definition) is 4. The fraction of sp³-hybridized carbons (Fsp3) is 0.125. The molecule has 0 saturated heterocycles. The van der Waals surface area contributed by atoms with Crippen LogP contribution in [-0.4, -0.2) is 12.5 Å². The van der Waals surface area contributed by atoms with Crippen molar-refractivity contribution in [1.29, 1.82) is 5.26 Å². The van der Waals surface area contributed by atoms with E-state index in [9.17, 15) is 10.1 Å². The number of benzene rings is 4. The summed E-state index contributed by atoms with van der Waals surface area (Å²) in [7, 11) is 0. The third-order valence-corrected chi connectivity index (χ3v) is 7.17. The molecule has 0 aliphatic rings. The minimum Gasteiger partial charge on any atom is -0.494 e. The molecule has 1 N–H and O–H groups in total. The first kappa shape index (κ1) is 28.2. The molecule has 0 fully saturated rings. The Hall–Kier alpha value is -3.80. The van der Waals surface area contributed by atoms with Gasteiger partial charge in [-0.3, -0.25) is 4.79 Å². The zero-order chi connectivity index (χ0) is 27.6. The van der Waals surface area contributed by atoms with E-state index in [4.69, 9.17) is 21.1 Å². The van der Waals surface area contributed by atoms with Crippen molar-refractivity contribution < 1.29 is 14.3 Å². The van der Waals surface area contributed by atoms with Gasteiger partial charge in [0.1, 0.15) is 29.7 Å². The highest BCUT2D eigenvalue weighted by Crippen LogP contribution is 2.31. The van der Waals surface area contributed by atoms with Gasteiger partial charge in [0.05, 0.1) is 6.61 Å². The van der Waals surface area contributed by atoms with Crippen LogP contribution in [0.25, 0.3) is 6.08 Å². The zero-order valence-electron chi connectivity index (χ0n) is 21.3. The van der Waals surface area contributed by atoms with Crippen molar-refractivity contribution in [3.63, 3.8) is 0 Å². The Kier molecular flexibility index (Phi) is 10.0. The second kappa shape index (κ2) is 13.8. The Bertz CT molecular complexity index is 1510. The molecule has 4 aromatic carbocycles. The quantitative estimate of drug-likeness (QED) is 0.107. The van der Waals surface area contributed by atoms with Gasteiger partial charge in [-0.1, -0.05) is 60.1 Å². The summed E-state index contributed by atoms with van der Waals surface area (Å²) in [5, 5.41) is 13.2. The number of nitriles is 1. The maximum Gasteiger partial charge on any atom is 0.266 e. The molecule has 5 nitrogen and oxygen atoms in total. The first-order valence-electron chi connectivity index (χ1n) is 12.4. The fourth-order valence-corrected chi connectivity index (χ4v) is 4.91. The van der Waals surface area contributed by atoms with Crippen LogP contribution in [0.4, 0.5) is 5.69 Å². The molecule has 0 aliphatic heterocycles. The average molecular weight is 649 g/mol. The summed E-state index contributed by atoms with van der Waals surface area (Å²) in [5.41, 5.74) is 4.30. The summed E-state index contributed by atoms with van der Waals surface area (Å²) < 4.78 is 12.7. The Morgan fingerprint density at radius 2 is 1.72 bits per heavy atom. The van der Waals surface area contributed by atoms with Gasteiger partial charge in [-0.05, 0) is 94.7 Å². The molecule has 4 rings (SSSR count). The zero-order valence-corrected chi connectivity index (χ0v) is 24.2. The minimum absolute atomic E-state index is 0.0171. The third-order valence-electron chi connectivity index (χ3n) is 5.84. The Morgan fingerprint density at radius 1 is 1.00 bits per heavy atom. The molecule has 0 aliphatic carbocycles. The van der Waals surface area contributed by atoms with Gasteiger partial charge in [-0.15, -0.1) is 0 Å². The van der Waals surface area contributed by atoms with Gasteiger partial charge in [-0.2, -0.15) is 5.26 Å². The molecule has 7 heteroatoms. The van der Waals surface area contributed by atoms with E-state index in [1.54, 1.807) is 30.3 Å². The molecule has 0 heterocycles. The number of nitrogens with one attached hydrogen (secondary N) is 1. The normalized spacial score (nSPS) is 11.0. The SMILES string of the molecule is CCOc1cc(/C=C(\C#N)C(=O)Nc2ccc(OCc3ccccc3)cc2)cc(I)c1Cc1ccccc1Cl. The number of carbonyl (C=O) groups excluding carboxylic acids is 1. The number of rotatable bonds is 10. The van der Waals surface area contributed by atoms with E-state index >= 15 is 0 Å². The van der Waals surface area contributed by atoms with Crippen molar-refractivity contribution in [2.24, 2.45) is 0 Å². The highest BCUT2D eigenvalue weighted by Gasteiger charge is 2.15. The number of anilines is 1. The molecule has 4 aromatic rings. The lowest BCUT2D eigenvalue weighted by Crippen LogP contribution is -2.13. The first-order chi connectivity index (χ1) is 19.0. The summed E-state index contributed by atoms with van der Waals surface area (Å²) in [4.78, 5) is 12.9. The number of nitrogens with zero attached hydrogens (tertiary/aromatic N) is 1. The van der Waals surface area contributed by atoms with Crippen LogP contribution in [0.5, 0.6) is 11.5 Å². The molecule has 39 heavy (non-hydrogen) atoms. The fourth-order valence-electron chi connectivity index (χ4n) is 3.89. The molecule has 0 unspecified atom stereocenters. The van der Waals surface area contributed by atoms with Gasteiger partial charge < -0.3 is 14.8 Å². The summed E-state index contributed by atoms with van der Waals surface area (Å²) in [6, 6.07) is 30.4. The van der Waals surface area contributed by atoms with E-state index in [1.165, 1.54) is 0 Å². The molecular weight excluding hydrogens is 623 g/mol. The predicted octanol–water partition coefficient (Wildman–Crippen LogP) is 8.06. The molecule has 0 atom stereocenters. The van der Waals surface area contributed by atoms with E-state index in [1.807, 2.05) is 79.7 Å². The minimum atomic E-state index is -0.497. The third kappa shape index (κ3) is 7.85. The standard InChI is InChI=1S/C32H26ClIN2O3/c1-2-38-31-18-23(17-30(34)28(31)19-24-10-6-7-11-29(24)33)16-25(20-35)32(37)36-26-12-14-27(15-13-26)39-21-22-8-4-3-5-9-22/h3-18H,2,19,21H2,1H3,(H,36,37)/b25-16+. The van der Waals surface area contributed by atoms with Gasteiger partial charge in [-0.25, -0.2) is 0 Å². The van der Waals surface area contributed by atoms with Crippen molar-refractivity contribution in [3.8, 4) is 17.6 Å². The molecule has 0 aromatic heterocycles.